The summed E-state index contributed by atoms with van der Waals surface area (Å²) < 4.78 is 5.51. The molecule has 0 saturated carbocycles. The van der Waals surface area contributed by atoms with Crippen LogP contribution in [-0.4, -0.2) is 16.6 Å². The number of nitrogens with one attached hydrogen (secondary N) is 1. The minimum atomic E-state index is 0.178. The molecule has 1 aromatic heterocycles. The SMILES string of the molecule is C#CCOc1ccccc1/C=C(\C#N)c1nc2ccccc2[nH]1. The number of rotatable bonds is 4. The molecule has 0 amide bonds. The van der Waals surface area contributed by atoms with E-state index in [4.69, 9.17) is 11.2 Å². The summed E-state index contributed by atoms with van der Waals surface area (Å²) in [5.41, 5.74) is 2.92. The molecule has 0 aliphatic carbocycles. The van der Waals surface area contributed by atoms with Crippen LogP contribution >= 0.6 is 0 Å². The average Bonchev–Trinajstić information content (AvgIpc) is 3.02. The van der Waals surface area contributed by atoms with Gasteiger partial charge in [-0.25, -0.2) is 4.98 Å². The van der Waals surface area contributed by atoms with Crippen LogP contribution in [0.1, 0.15) is 11.4 Å². The molecular formula is C19H13N3O. The Morgan fingerprint density at radius 2 is 2.00 bits per heavy atom. The van der Waals surface area contributed by atoms with Crippen molar-refractivity contribution in [3.05, 3.63) is 59.9 Å². The van der Waals surface area contributed by atoms with Gasteiger partial charge in [-0.15, -0.1) is 6.42 Å². The summed E-state index contributed by atoms with van der Waals surface area (Å²) in [5.74, 6) is 3.60. The molecule has 0 bridgehead atoms. The summed E-state index contributed by atoms with van der Waals surface area (Å²) in [6.07, 6.45) is 6.97. The molecule has 1 N–H and O–H groups in total. The van der Waals surface area contributed by atoms with E-state index in [2.05, 4.69) is 22.0 Å². The number of aromatic amines is 1. The van der Waals surface area contributed by atoms with E-state index in [0.717, 1.165) is 16.6 Å². The maximum atomic E-state index is 9.48. The number of ether oxygens (including phenoxy) is 1. The van der Waals surface area contributed by atoms with Crippen molar-refractivity contribution in [1.82, 2.24) is 9.97 Å². The van der Waals surface area contributed by atoms with Gasteiger partial charge in [0.1, 0.15) is 24.3 Å². The number of fused-ring (bicyclic) bond motifs is 1. The van der Waals surface area contributed by atoms with Crippen LogP contribution in [0.5, 0.6) is 5.75 Å². The molecule has 0 unspecified atom stereocenters. The topological polar surface area (TPSA) is 61.7 Å². The first kappa shape index (κ1) is 14.4. The number of aromatic nitrogens is 2. The predicted molar refractivity (Wildman–Crippen MR) is 90.3 cm³/mol. The Labute approximate surface area is 134 Å². The van der Waals surface area contributed by atoms with Crippen molar-refractivity contribution < 1.29 is 4.74 Å². The fourth-order valence-electron chi connectivity index (χ4n) is 2.24. The van der Waals surface area contributed by atoms with Gasteiger partial charge in [0, 0.05) is 5.56 Å². The van der Waals surface area contributed by atoms with E-state index >= 15 is 0 Å². The van der Waals surface area contributed by atoms with Crippen molar-refractivity contribution in [3.63, 3.8) is 0 Å². The normalized spacial score (nSPS) is 11.0. The van der Waals surface area contributed by atoms with Gasteiger partial charge in [0.15, 0.2) is 0 Å². The van der Waals surface area contributed by atoms with E-state index in [-0.39, 0.29) is 6.61 Å². The van der Waals surface area contributed by atoms with E-state index in [1.165, 1.54) is 0 Å². The van der Waals surface area contributed by atoms with E-state index in [1.807, 2.05) is 48.5 Å². The van der Waals surface area contributed by atoms with Crippen LogP contribution in [0.2, 0.25) is 0 Å². The highest BCUT2D eigenvalue weighted by Gasteiger charge is 2.09. The van der Waals surface area contributed by atoms with Crippen molar-refractivity contribution in [2.45, 2.75) is 0 Å². The van der Waals surface area contributed by atoms with Crippen molar-refractivity contribution in [3.8, 4) is 24.2 Å². The lowest BCUT2D eigenvalue weighted by Crippen LogP contribution is -1.95. The molecule has 0 aliphatic heterocycles. The van der Waals surface area contributed by atoms with E-state index < -0.39 is 0 Å². The molecule has 1 heterocycles. The summed E-state index contributed by atoms with van der Waals surface area (Å²) in [7, 11) is 0. The number of nitriles is 1. The molecule has 2 aromatic carbocycles. The van der Waals surface area contributed by atoms with Crippen LogP contribution < -0.4 is 4.74 Å². The van der Waals surface area contributed by atoms with Crippen LogP contribution in [0.3, 0.4) is 0 Å². The molecular weight excluding hydrogens is 286 g/mol. The van der Waals surface area contributed by atoms with Crippen LogP contribution in [0.25, 0.3) is 22.7 Å². The van der Waals surface area contributed by atoms with Gasteiger partial charge in [-0.3, -0.25) is 0 Å². The van der Waals surface area contributed by atoms with Crippen molar-refractivity contribution in [1.29, 1.82) is 5.26 Å². The number of imidazole rings is 1. The van der Waals surface area contributed by atoms with Gasteiger partial charge in [-0.2, -0.15) is 5.26 Å². The molecule has 4 heteroatoms. The zero-order valence-electron chi connectivity index (χ0n) is 12.3. The molecule has 0 atom stereocenters. The highest BCUT2D eigenvalue weighted by molar-refractivity contribution is 5.91. The molecule has 4 nitrogen and oxygen atoms in total. The summed E-state index contributed by atoms with van der Waals surface area (Å²) in [5, 5.41) is 9.48. The fraction of sp³-hybridized carbons (Fsp3) is 0.0526. The highest BCUT2D eigenvalue weighted by atomic mass is 16.5. The monoisotopic (exact) mass is 299 g/mol. The molecule has 0 aliphatic rings. The number of benzene rings is 2. The van der Waals surface area contributed by atoms with Crippen molar-refractivity contribution >= 4 is 22.7 Å². The van der Waals surface area contributed by atoms with Crippen molar-refractivity contribution in [2.24, 2.45) is 0 Å². The standard InChI is InChI=1S/C19H13N3O/c1-2-11-23-18-10-6-3-7-14(18)12-15(13-20)19-21-16-8-4-5-9-17(16)22-19/h1,3-10,12H,11H2,(H,21,22)/b15-12+. The molecule has 0 radical (unpaired) electrons. The first-order valence-corrected chi connectivity index (χ1v) is 7.04. The number of nitrogens with zero attached hydrogens (tertiary/aromatic N) is 2. The van der Waals surface area contributed by atoms with E-state index in [1.54, 1.807) is 6.08 Å². The Bertz CT molecular complexity index is 921. The summed E-state index contributed by atoms with van der Waals surface area (Å²) in [6.45, 7) is 0.178. The minimum Gasteiger partial charge on any atom is -0.480 e. The Morgan fingerprint density at radius 3 is 2.78 bits per heavy atom. The molecule has 3 aromatic rings. The largest absolute Gasteiger partial charge is 0.480 e. The zero-order valence-corrected chi connectivity index (χ0v) is 12.3. The van der Waals surface area contributed by atoms with Crippen molar-refractivity contribution in [2.75, 3.05) is 6.61 Å². The minimum absolute atomic E-state index is 0.178. The van der Waals surface area contributed by atoms with Gasteiger partial charge in [0.05, 0.1) is 16.6 Å². The molecule has 3 rings (SSSR count). The van der Waals surface area contributed by atoms with Gasteiger partial charge in [0.2, 0.25) is 0 Å². The number of H-pyrrole nitrogens is 1. The number of para-hydroxylation sites is 3. The second kappa shape index (κ2) is 6.51. The lowest BCUT2D eigenvalue weighted by molar-refractivity contribution is 0.369. The second-order valence-corrected chi connectivity index (χ2v) is 4.80. The van der Waals surface area contributed by atoms with Crippen LogP contribution in [-0.2, 0) is 0 Å². The first-order chi connectivity index (χ1) is 11.3. The molecule has 0 fully saturated rings. The maximum Gasteiger partial charge on any atom is 0.149 e. The van der Waals surface area contributed by atoms with Gasteiger partial charge in [0.25, 0.3) is 0 Å². The third kappa shape index (κ3) is 3.07. The van der Waals surface area contributed by atoms with Crippen LogP contribution in [0.15, 0.2) is 48.5 Å². The van der Waals surface area contributed by atoms with Crippen LogP contribution in [0.4, 0.5) is 0 Å². The maximum absolute atomic E-state index is 9.48. The zero-order chi connectivity index (χ0) is 16.1. The number of hydrogen-bond donors (Lipinski definition) is 1. The van der Waals surface area contributed by atoms with Crippen LogP contribution in [0, 0.1) is 23.7 Å². The molecule has 110 valence electrons. The quantitative estimate of drug-likeness (QED) is 0.591. The van der Waals surface area contributed by atoms with Gasteiger partial charge >= 0.3 is 0 Å². The van der Waals surface area contributed by atoms with Gasteiger partial charge in [-0.1, -0.05) is 36.3 Å². The van der Waals surface area contributed by atoms with E-state index in [0.29, 0.717) is 17.1 Å². The lowest BCUT2D eigenvalue weighted by Gasteiger charge is -2.06. The molecule has 0 saturated heterocycles. The van der Waals surface area contributed by atoms with Gasteiger partial charge in [-0.05, 0) is 24.3 Å². The van der Waals surface area contributed by atoms with Gasteiger partial charge < -0.3 is 9.72 Å². The Morgan fingerprint density at radius 1 is 1.22 bits per heavy atom. The Hall–Kier alpha value is -3.50. The lowest BCUT2D eigenvalue weighted by atomic mass is 10.1. The number of terminal acetylenes is 1. The third-order valence-corrected chi connectivity index (χ3v) is 3.29. The summed E-state index contributed by atoms with van der Waals surface area (Å²) >= 11 is 0. The first-order valence-electron chi connectivity index (χ1n) is 7.04. The number of hydrogen-bond acceptors (Lipinski definition) is 3. The Kier molecular flexibility index (Phi) is 4.09. The molecule has 23 heavy (non-hydrogen) atoms. The average molecular weight is 299 g/mol. The highest BCUT2D eigenvalue weighted by Crippen LogP contribution is 2.24. The third-order valence-electron chi connectivity index (χ3n) is 3.29. The Balaban J connectivity index is 2.03. The predicted octanol–water partition coefficient (Wildman–Crippen LogP) is 3.64. The summed E-state index contributed by atoms with van der Waals surface area (Å²) in [6, 6.07) is 17.2. The smallest absolute Gasteiger partial charge is 0.149 e. The second-order valence-electron chi connectivity index (χ2n) is 4.80. The van der Waals surface area contributed by atoms with E-state index in [9.17, 15) is 5.26 Å². The number of allylic oxidation sites excluding steroid dienone is 1. The molecule has 0 spiro atoms. The summed E-state index contributed by atoms with van der Waals surface area (Å²) in [4.78, 5) is 7.61. The fourth-order valence-corrected chi connectivity index (χ4v) is 2.24.